The molecule has 23 heavy (non-hydrogen) atoms. The van der Waals surface area contributed by atoms with E-state index in [0.29, 0.717) is 5.76 Å². The minimum Gasteiger partial charge on any atom is -0.468 e. The Labute approximate surface area is 134 Å². The largest absolute Gasteiger partial charge is 0.468 e. The molecule has 118 valence electrons. The lowest BCUT2D eigenvalue weighted by atomic mass is 10.1. The van der Waals surface area contributed by atoms with Crippen LogP contribution in [0.4, 0.5) is 4.39 Å². The molecule has 0 spiro atoms. The fourth-order valence-corrected chi connectivity index (χ4v) is 4.16. The third-order valence-corrected chi connectivity index (χ3v) is 5.72. The first-order valence-electron chi connectivity index (χ1n) is 7.14. The molecule has 0 aliphatic heterocycles. The van der Waals surface area contributed by atoms with E-state index in [4.69, 9.17) is 4.42 Å². The number of furan rings is 1. The third-order valence-electron chi connectivity index (χ3n) is 3.64. The Morgan fingerprint density at radius 3 is 2.22 bits per heavy atom. The fraction of sp³-hybridized carbons (Fsp3) is 0.111. The van der Waals surface area contributed by atoms with Gasteiger partial charge in [0, 0.05) is 0 Å². The van der Waals surface area contributed by atoms with Crippen molar-refractivity contribution in [3.8, 4) is 0 Å². The summed E-state index contributed by atoms with van der Waals surface area (Å²) in [5.41, 5.74) is 0.729. The van der Waals surface area contributed by atoms with Gasteiger partial charge in [-0.05, 0) is 48.4 Å². The summed E-state index contributed by atoms with van der Waals surface area (Å²) >= 11 is 0. The Hall–Kier alpha value is -2.40. The molecule has 0 radical (unpaired) electrons. The maximum Gasteiger partial charge on any atom is 0.188 e. The number of hydrogen-bond donors (Lipinski definition) is 0. The van der Waals surface area contributed by atoms with Crippen molar-refractivity contribution in [1.82, 2.24) is 0 Å². The van der Waals surface area contributed by atoms with E-state index in [-0.39, 0.29) is 17.1 Å². The first-order chi connectivity index (χ1) is 11.1. The number of benzene rings is 2. The summed E-state index contributed by atoms with van der Waals surface area (Å²) in [7, 11) is -3.62. The van der Waals surface area contributed by atoms with E-state index in [2.05, 4.69) is 0 Å². The first-order valence-corrected chi connectivity index (χ1v) is 8.69. The van der Waals surface area contributed by atoms with Gasteiger partial charge in [-0.25, -0.2) is 12.8 Å². The summed E-state index contributed by atoms with van der Waals surface area (Å²) in [6.45, 7) is 0. The molecule has 1 aromatic heterocycles. The molecule has 5 heteroatoms. The topological polar surface area (TPSA) is 47.3 Å². The predicted molar refractivity (Wildman–Crippen MR) is 85.2 cm³/mol. The minimum atomic E-state index is -3.62. The number of rotatable bonds is 5. The molecule has 0 aliphatic rings. The Kier molecular flexibility index (Phi) is 4.30. The lowest BCUT2D eigenvalue weighted by molar-refractivity contribution is 0.489. The highest BCUT2D eigenvalue weighted by Gasteiger charge is 2.31. The van der Waals surface area contributed by atoms with E-state index in [1.807, 2.05) is 0 Å². The lowest BCUT2D eigenvalue weighted by Gasteiger charge is -2.16. The van der Waals surface area contributed by atoms with Crippen molar-refractivity contribution in [3.63, 3.8) is 0 Å². The van der Waals surface area contributed by atoms with E-state index in [1.54, 1.807) is 54.6 Å². The number of hydrogen-bond acceptors (Lipinski definition) is 3. The van der Waals surface area contributed by atoms with Crippen molar-refractivity contribution in [2.24, 2.45) is 0 Å². The zero-order valence-corrected chi connectivity index (χ0v) is 13.0. The summed E-state index contributed by atoms with van der Waals surface area (Å²) < 4.78 is 44.3. The maximum absolute atomic E-state index is 13.1. The predicted octanol–water partition coefficient (Wildman–Crippen LogP) is 4.18. The molecule has 0 unspecified atom stereocenters. The van der Waals surface area contributed by atoms with Gasteiger partial charge in [0.05, 0.1) is 11.2 Å². The van der Waals surface area contributed by atoms with Crippen LogP contribution in [0, 0.1) is 5.82 Å². The second-order valence-corrected chi connectivity index (χ2v) is 7.32. The third kappa shape index (κ3) is 3.35. The van der Waals surface area contributed by atoms with Gasteiger partial charge in [0.1, 0.15) is 16.8 Å². The molecule has 2 aromatic carbocycles. The van der Waals surface area contributed by atoms with Crippen LogP contribution in [0.1, 0.15) is 16.6 Å². The number of sulfone groups is 1. The molecule has 0 saturated carbocycles. The van der Waals surface area contributed by atoms with Gasteiger partial charge in [-0.3, -0.25) is 0 Å². The highest BCUT2D eigenvalue weighted by Crippen LogP contribution is 2.32. The molecule has 0 saturated heterocycles. The van der Waals surface area contributed by atoms with Crippen molar-refractivity contribution >= 4 is 9.84 Å². The van der Waals surface area contributed by atoms with Crippen LogP contribution in [-0.4, -0.2) is 8.42 Å². The van der Waals surface area contributed by atoms with Crippen LogP contribution in [0.2, 0.25) is 0 Å². The van der Waals surface area contributed by atoms with Crippen molar-refractivity contribution in [1.29, 1.82) is 0 Å². The van der Waals surface area contributed by atoms with Gasteiger partial charge in [0.2, 0.25) is 0 Å². The zero-order valence-electron chi connectivity index (χ0n) is 12.2. The molecule has 0 fully saturated rings. The molecule has 3 nitrogen and oxygen atoms in total. The Morgan fingerprint density at radius 2 is 1.61 bits per heavy atom. The van der Waals surface area contributed by atoms with E-state index < -0.39 is 15.1 Å². The molecule has 1 atom stereocenters. The molecule has 0 amide bonds. The van der Waals surface area contributed by atoms with E-state index in [1.165, 1.54) is 18.4 Å². The van der Waals surface area contributed by atoms with Gasteiger partial charge in [-0.1, -0.05) is 30.3 Å². The maximum atomic E-state index is 13.1. The van der Waals surface area contributed by atoms with Crippen LogP contribution in [0.5, 0.6) is 0 Å². The van der Waals surface area contributed by atoms with Gasteiger partial charge in [0.15, 0.2) is 9.84 Å². The van der Waals surface area contributed by atoms with E-state index in [9.17, 15) is 12.8 Å². The molecular formula is C18H15FO3S. The standard InChI is InChI=1S/C18H15FO3S/c19-15-10-8-14(9-11-15)13-18(17-7-4-12-22-17)23(20,21)16-5-2-1-3-6-16/h1-12,18H,13H2/t18-/m0/s1. The van der Waals surface area contributed by atoms with E-state index >= 15 is 0 Å². The van der Waals surface area contributed by atoms with E-state index in [0.717, 1.165) is 5.56 Å². The second kappa shape index (κ2) is 6.38. The minimum absolute atomic E-state index is 0.213. The molecule has 3 rings (SSSR count). The monoisotopic (exact) mass is 330 g/mol. The quantitative estimate of drug-likeness (QED) is 0.705. The van der Waals surface area contributed by atoms with Crippen LogP contribution in [0.25, 0.3) is 0 Å². The molecule has 3 aromatic rings. The highest BCUT2D eigenvalue weighted by atomic mass is 32.2. The molecule has 0 bridgehead atoms. The van der Waals surface area contributed by atoms with Crippen LogP contribution in [0.3, 0.4) is 0 Å². The summed E-state index contributed by atoms with van der Waals surface area (Å²) in [4.78, 5) is 0.239. The average Bonchev–Trinajstić information content (AvgIpc) is 3.09. The van der Waals surface area contributed by atoms with Crippen LogP contribution in [-0.2, 0) is 16.3 Å². The van der Waals surface area contributed by atoms with Crippen LogP contribution in [0.15, 0.2) is 82.3 Å². The molecule has 0 aliphatic carbocycles. The first kappa shape index (κ1) is 15.5. The molecule has 1 heterocycles. The summed E-state index contributed by atoms with van der Waals surface area (Å²) in [6.07, 6.45) is 1.67. The molecular weight excluding hydrogens is 315 g/mol. The van der Waals surface area contributed by atoms with Crippen molar-refractivity contribution in [2.45, 2.75) is 16.6 Å². The normalized spacial score (nSPS) is 12.9. The Bertz CT molecular complexity index is 854. The lowest BCUT2D eigenvalue weighted by Crippen LogP contribution is -2.16. The summed E-state index contributed by atoms with van der Waals surface area (Å²) in [6, 6.07) is 17.4. The van der Waals surface area contributed by atoms with Gasteiger partial charge in [0.25, 0.3) is 0 Å². The van der Waals surface area contributed by atoms with Crippen molar-refractivity contribution < 1.29 is 17.2 Å². The van der Waals surface area contributed by atoms with Gasteiger partial charge >= 0.3 is 0 Å². The zero-order chi connectivity index (χ0) is 16.3. The van der Waals surface area contributed by atoms with Gasteiger partial charge in [-0.15, -0.1) is 0 Å². The van der Waals surface area contributed by atoms with Gasteiger partial charge in [-0.2, -0.15) is 0 Å². The average molecular weight is 330 g/mol. The fourth-order valence-electron chi connectivity index (χ4n) is 2.45. The Balaban J connectivity index is 2.01. The molecule has 0 N–H and O–H groups in total. The van der Waals surface area contributed by atoms with Crippen LogP contribution >= 0.6 is 0 Å². The van der Waals surface area contributed by atoms with Crippen LogP contribution < -0.4 is 0 Å². The smallest absolute Gasteiger partial charge is 0.188 e. The second-order valence-electron chi connectivity index (χ2n) is 5.19. The van der Waals surface area contributed by atoms with Gasteiger partial charge < -0.3 is 4.42 Å². The Morgan fingerprint density at radius 1 is 0.913 bits per heavy atom. The number of halogens is 1. The summed E-state index contributed by atoms with van der Waals surface area (Å²) in [5.74, 6) is 0.0207. The summed E-state index contributed by atoms with van der Waals surface area (Å²) in [5, 5.41) is -0.856. The van der Waals surface area contributed by atoms with Crippen molar-refractivity contribution in [3.05, 3.63) is 90.1 Å². The SMILES string of the molecule is O=S(=O)(c1ccccc1)[C@@H](Cc1ccc(F)cc1)c1ccco1. The highest BCUT2D eigenvalue weighted by molar-refractivity contribution is 7.91. The van der Waals surface area contributed by atoms with Crippen molar-refractivity contribution in [2.75, 3.05) is 0 Å².